The van der Waals surface area contributed by atoms with Gasteiger partial charge in [-0.2, -0.15) is 0 Å². The van der Waals surface area contributed by atoms with E-state index >= 15 is 0 Å². The highest BCUT2D eigenvalue weighted by Crippen LogP contribution is 2.58. The molecule has 2 aliphatic rings. The van der Waals surface area contributed by atoms with Gasteiger partial charge in [-0.3, -0.25) is 9.18 Å². The number of carbonyl (C=O) groups is 1. The molecule has 4 heteroatoms. The Morgan fingerprint density at radius 2 is 2.30 bits per heavy atom. The summed E-state index contributed by atoms with van der Waals surface area (Å²) in [4.78, 5) is 11.8. The molecular formula is C16H18ClFO2. The van der Waals surface area contributed by atoms with Crippen LogP contribution >= 0.6 is 11.6 Å². The lowest BCUT2D eigenvalue weighted by Gasteiger charge is -2.38. The number of Topliss-reactive ketones (excluding diaryl/α,β-unsaturated/α-hetero) is 1. The van der Waals surface area contributed by atoms with Crippen molar-refractivity contribution in [2.75, 3.05) is 13.8 Å². The molecule has 1 aromatic carbocycles. The summed E-state index contributed by atoms with van der Waals surface area (Å²) >= 11 is 6.41. The number of rotatable bonds is 3. The van der Waals surface area contributed by atoms with Crippen LogP contribution in [-0.2, 0) is 11.2 Å². The van der Waals surface area contributed by atoms with Gasteiger partial charge in [0, 0.05) is 12.8 Å². The van der Waals surface area contributed by atoms with Crippen molar-refractivity contribution < 1.29 is 13.9 Å². The number of ether oxygens (including phenoxy) is 1. The molecule has 0 bridgehead atoms. The standard InChI is InChI=1S/C16H18ClFO2/c1-20-14-3-2-11-12(15(14)17)9-16(6-7-18)5-4-10(19)8-13(11)16/h2-3,13H,4-9H2,1H3. The van der Waals surface area contributed by atoms with Crippen molar-refractivity contribution in [1.29, 1.82) is 0 Å². The molecule has 0 heterocycles. The number of hydrogen-bond acceptors (Lipinski definition) is 2. The highest BCUT2D eigenvalue weighted by atomic mass is 35.5. The fraction of sp³-hybridized carbons (Fsp3) is 0.562. The summed E-state index contributed by atoms with van der Waals surface area (Å²) in [6.07, 6.45) is 3.14. The molecule has 0 N–H and O–H groups in total. The number of fused-ring (bicyclic) bond motifs is 3. The van der Waals surface area contributed by atoms with Crippen LogP contribution in [0.15, 0.2) is 12.1 Å². The predicted octanol–water partition coefficient (Wildman–Crippen LogP) is 4.09. The van der Waals surface area contributed by atoms with Crippen LogP contribution in [0.5, 0.6) is 5.75 Å². The van der Waals surface area contributed by atoms with Crippen LogP contribution in [-0.4, -0.2) is 19.6 Å². The molecule has 0 spiro atoms. The van der Waals surface area contributed by atoms with Gasteiger partial charge in [0.25, 0.3) is 0 Å². The summed E-state index contributed by atoms with van der Waals surface area (Å²) in [5.41, 5.74) is 2.05. The van der Waals surface area contributed by atoms with E-state index in [1.165, 1.54) is 0 Å². The van der Waals surface area contributed by atoms with Crippen LogP contribution in [0.3, 0.4) is 0 Å². The molecular weight excluding hydrogens is 279 g/mol. The molecule has 2 unspecified atom stereocenters. The van der Waals surface area contributed by atoms with Crippen LogP contribution in [0, 0.1) is 5.41 Å². The number of methoxy groups -OCH3 is 1. The highest BCUT2D eigenvalue weighted by Gasteiger charge is 2.49. The fourth-order valence-corrected chi connectivity index (χ4v) is 4.28. The summed E-state index contributed by atoms with van der Waals surface area (Å²) in [5.74, 6) is 1.06. The molecule has 2 aliphatic carbocycles. The summed E-state index contributed by atoms with van der Waals surface area (Å²) in [7, 11) is 1.59. The van der Waals surface area contributed by atoms with E-state index in [1.54, 1.807) is 7.11 Å². The van der Waals surface area contributed by atoms with E-state index in [-0.39, 0.29) is 23.8 Å². The summed E-state index contributed by atoms with van der Waals surface area (Å²) in [6, 6.07) is 3.86. The minimum atomic E-state index is -0.340. The average Bonchev–Trinajstić information content (AvgIpc) is 2.75. The molecule has 1 fully saturated rings. The maximum Gasteiger partial charge on any atom is 0.137 e. The summed E-state index contributed by atoms with van der Waals surface area (Å²) in [6.45, 7) is -0.340. The van der Waals surface area contributed by atoms with E-state index in [0.29, 0.717) is 30.0 Å². The molecule has 2 atom stereocenters. The van der Waals surface area contributed by atoms with Crippen molar-refractivity contribution in [3.8, 4) is 5.75 Å². The number of halogens is 2. The first kappa shape index (κ1) is 13.9. The number of alkyl halides is 1. The van der Waals surface area contributed by atoms with Crippen molar-refractivity contribution in [2.24, 2.45) is 5.41 Å². The first-order chi connectivity index (χ1) is 9.61. The zero-order valence-electron chi connectivity index (χ0n) is 11.5. The molecule has 0 aromatic heterocycles. The molecule has 0 amide bonds. The molecule has 0 aliphatic heterocycles. The Morgan fingerprint density at radius 3 is 3.00 bits per heavy atom. The Morgan fingerprint density at radius 1 is 1.50 bits per heavy atom. The van der Waals surface area contributed by atoms with Gasteiger partial charge in [0.15, 0.2) is 0 Å². The number of hydrogen-bond donors (Lipinski definition) is 0. The van der Waals surface area contributed by atoms with E-state index in [9.17, 15) is 9.18 Å². The molecule has 108 valence electrons. The van der Waals surface area contributed by atoms with Crippen LogP contribution < -0.4 is 4.74 Å². The van der Waals surface area contributed by atoms with Gasteiger partial charge < -0.3 is 4.74 Å². The third kappa shape index (κ3) is 1.95. The lowest BCUT2D eigenvalue weighted by Crippen LogP contribution is -2.33. The largest absolute Gasteiger partial charge is 0.495 e. The van der Waals surface area contributed by atoms with Gasteiger partial charge in [-0.05, 0) is 47.8 Å². The van der Waals surface area contributed by atoms with Gasteiger partial charge in [0.1, 0.15) is 11.5 Å². The second kappa shape index (κ2) is 5.03. The van der Waals surface area contributed by atoms with Crippen LogP contribution in [0.1, 0.15) is 42.7 Å². The minimum Gasteiger partial charge on any atom is -0.495 e. The number of carbonyl (C=O) groups excluding carboxylic acids is 1. The maximum absolute atomic E-state index is 13.0. The number of ketones is 1. The molecule has 0 saturated heterocycles. The Kier molecular flexibility index (Phi) is 3.49. The lowest BCUT2D eigenvalue weighted by atomic mass is 9.65. The van der Waals surface area contributed by atoms with Crippen molar-refractivity contribution in [2.45, 2.75) is 38.0 Å². The zero-order valence-corrected chi connectivity index (χ0v) is 12.3. The Balaban J connectivity index is 2.08. The Hall–Kier alpha value is -1.09. The van der Waals surface area contributed by atoms with Gasteiger partial charge in [0.05, 0.1) is 18.8 Å². The van der Waals surface area contributed by atoms with Gasteiger partial charge in [-0.15, -0.1) is 0 Å². The van der Waals surface area contributed by atoms with Crippen molar-refractivity contribution in [3.05, 3.63) is 28.3 Å². The summed E-state index contributed by atoms with van der Waals surface area (Å²) in [5, 5.41) is 0.630. The monoisotopic (exact) mass is 296 g/mol. The molecule has 0 radical (unpaired) electrons. The predicted molar refractivity (Wildman–Crippen MR) is 76.3 cm³/mol. The average molecular weight is 297 g/mol. The zero-order chi connectivity index (χ0) is 14.3. The van der Waals surface area contributed by atoms with Gasteiger partial charge in [-0.25, -0.2) is 0 Å². The quantitative estimate of drug-likeness (QED) is 0.840. The smallest absolute Gasteiger partial charge is 0.137 e. The first-order valence-electron chi connectivity index (χ1n) is 7.04. The van der Waals surface area contributed by atoms with Gasteiger partial charge in [-0.1, -0.05) is 17.7 Å². The first-order valence-corrected chi connectivity index (χ1v) is 7.42. The third-order valence-corrected chi connectivity index (χ3v) is 5.45. The second-order valence-electron chi connectivity index (χ2n) is 5.92. The second-order valence-corrected chi connectivity index (χ2v) is 6.30. The lowest BCUT2D eigenvalue weighted by molar-refractivity contribution is -0.123. The van der Waals surface area contributed by atoms with Crippen LogP contribution in [0.25, 0.3) is 0 Å². The maximum atomic E-state index is 13.0. The molecule has 2 nitrogen and oxygen atoms in total. The van der Waals surface area contributed by atoms with Gasteiger partial charge >= 0.3 is 0 Å². The van der Waals surface area contributed by atoms with Crippen molar-refractivity contribution >= 4 is 17.4 Å². The van der Waals surface area contributed by atoms with E-state index in [0.717, 1.165) is 24.0 Å². The Labute approximate surface area is 123 Å². The van der Waals surface area contributed by atoms with Crippen LogP contribution in [0.2, 0.25) is 5.02 Å². The fourth-order valence-electron chi connectivity index (χ4n) is 3.97. The molecule has 1 saturated carbocycles. The van der Waals surface area contributed by atoms with Crippen molar-refractivity contribution in [3.63, 3.8) is 0 Å². The minimum absolute atomic E-state index is 0.123. The normalized spacial score (nSPS) is 28.1. The van der Waals surface area contributed by atoms with E-state index in [4.69, 9.17) is 16.3 Å². The van der Waals surface area contributed by atoms with Gasteiger partial charge in [0.2, 0.25) is 0 Å². The Bertz CT molecular complexity index is 558. The third-order valence-electron chi connectivity index (χ3n) is 5.03. The summed E-state index contributed by atoms with van der Waals surface area (Å²) < 4.78 is 18.3. The van der Waals surface area contributed by atoms with E-state index < -0.39 is 0 Å². The van der Waals surface area contributed by atoms with E-state index in [2.05, 4.69) is 0 Å². The number of benzene rings is 1. The topological polar surface area (TPSA) is 26.3 Å². The molecule has 20 heavy (non-hydrogen) atoms. The molecule has 3 rings (SSSR count). The van der Waals surface area contributed by atoms with Crippen molar-refractivity contribution in [1.82, 2.24) is 0 Å². The van der Waals surface area contributed by atoms with E-state index in [1.807, 2.05) is 12.1 Å². The highest BCUT2D eigenvalue weighted by molar-refractivity contribution is 6.33. The SMILES string of the molecule is COc1ccc2c(c1Cl)CC1(CCF)CCC(=O)CC21. The molecule has 1 aromatic rings. The van der Waals surface area contributed by atoms with Crippen LogP contribution in [0.4, 0.5) is 4.39 Å².